The van der Waals surface area contributed by atoms with E-state index in [9.17, 15) is 4.79 Å². The quantitative estimate of drug-likeness (QED) is 0.417. The van der Waals surface area contributed by atoms with Gasteiger partial charge in [0.2, 0.25) is 0 Å². The van der Waals surface area contributed by atoms with Crippen molar-refractivity contribution in [2.24, 2.45) is 0 Å². The van der Waals surface area contributed by atoms with E-state index in [1.54, 1.807) is 24.5 Å². The van der Waals surface area contributed by atoms with Gasteiger partial charge < -0.3 is 9.47 Å². The van der Waals surface area contributed by atoms with Gasteiger partial charge in [0.1, 0.15) is 12.4 Å². The summed E-state index contributed by atoms with van der Waals surface area (Å²) in [7, 11) is 1.32. The molecule has 0 fully saturated rings. The second-order valence-electron chi connectivity index (χ2n) is 3.62. The summed E-state index contributed by atoms with van der Waals surface area (Å²) in [6.07, 6.45) is 6.33. The first kappa shape index (κ1) is 13.9. The Kier molecular flexibility index (Phi) is 5.05. The number of hydrogen-bond donors (Lipinski definition) is 0. The molecule has 0 bridgehead atoms. The maximum atomic E-state index is 12.1. The van der Waals surface area contributed by atoms with Gasteiger partial charge in [-0.2, -0.15) is 0 Å². The van der Waals surface area contributed by atoms with Gasteiger partial charge in [0.05, 0.1) is 13.4 Å². The minimum Gasteiger partial charge on any atom is -0.500 e. The Labute approximate surface area is 106 Å². The van der Waals surface area contributed by atoms with Crippen molar-refractivity contribution in [3.63, 3.8) is 0 Å². The Bertz CT molecular complexity index is 420. The third-order valence-corrected chi connectivity index (χ3v) is 2.51. The lowest BCUT2D eigenvalue weighted by Gasteiger charge is -2.27. The van der Waals surface area contributed by atoms with Crippen molar-refractivity contribution in [2.75, 3.05) is 13.7 Å². The molecule has 0 aliphatic carbocycles. The van der Waals surface area contributed by atoms with Crippen molar-refractivity contribution in [2.45, 2.75) is 11.8 Å². The monoisotopic (exact) mass is 248 g/mol. The summed E-state index contributed by atoms with van der Waals surface area (Å²) in [4.78, 5) is 20.3. The highest BCUT2D eigenvalue weighted by molar-refractivity contribution is 5.82. The number of carbonyl (C=O) groups is 1. The third-order valence-electron chi connectivity index (χ3n) is 2.51. The van der Waals surface area contributed by atoms with Gasteiger partial charge in [0, 0.05) is 12.4 Å². The van der Waals surface area contributed by atoms with Crippen LogP contribution >= 0.6 is 0 Å². The largest absolute Gasteiger partial charge is 0.500 e. The number of carbonyl (C=O) groups excluding carboxylic acids is 1. The summed E-state index contributed by atoms with van der Waals surface area (Å²) in [5.41, 5.74) is -1.09. The molecule has 5 nitrogen and oxygen atoms in total. The summed E-state index contributed by atoms with van der Waals surface area (Å²) in [6, 6.07) is 1.67. The van der Waals surface area contributed by atoms with Crippen molar-refractivity contribution < 1.29 is 14.3 Å². The highest BCUT2D eigenvalue weighted by atomic mass is 16.5. The van der Waals surface area contributed by atoms with Crippen LogP contribution < -0.4 is 0 Å². The smallest absolute Gasteiger partial charge is 0.323 e. The van der Waals surface area contributed by atoms with Crippen LogP contribution in [-0.4, -0.2) is 29.7 Å². The van der Waals surface area contributed by atoms with Crippen LogP contribution in [-0.2, 0) is 19.7 Å². The molecule has 1 unspecified atom stereocenters. The number of hydrogen-bond acceptors (Lipinski definition) is 5. The van der Waals surface area contributed by atoms with E-state index >= 15 is 0 Å². The highest BCUT2D eigenvalue weighted by Gasteiger charge is 2.44. The van der Waals surface area contributed by atoms with E-state index in [1.807, 2.05) is 0 Å². The van der Waals surface area contributed by atoms with E-state index < -0.39 is 11.4 Å². The molecule has 0 saturated heterocycles. The van der Waals surface area contributed by atoms with E-state index in [2.05, 4.69) is 23.1 Å². The fraction of sp³-hybridized carbons (Fsp3) is 0.308. The topological polar surface area (TPSA) is 61.3 Å². The molecular formula is C13H16N2O3. The lowest BCUT2D eigenvalue weighted by atomic mass is 9.84. The van der Waals surface area contributed by atoms with Gasteiger partial charge in [0.15, 0.2) is 5.41 Å². The van der Waals surface area contributed by atoms with Crippen LogP contribution in [0.3, 0.4) is 0 Å². The van der Waals surface area contributed by atoms with Gasteiger partial charge in [-0.3, -0.25) is 4.79 Å². The number of esters is 1. The van der Waals surface area contributed by atoms with E-state index in [-0.39, 0.29) is 6.61 Å². The van der Waals surface area contributed by atoms with Crippen LogP contribution in [0.4, 0.5) is 0 Å². The molecule has 0 N–H and O–H groups in total. The molecule has 0 spiro atoms. The Morgan fingerprint density at radius 2 is 2.11 bits per heavy atom. The van der Waals surface area contributed by atoms with Crippen LogP contribution in [0.5, 0.6) is 0 Å². The number of methoxy groups -OCH3 is 1. The molecule has 0 radical (unpaired) electrons. The number of ether oxygens (including phenoxy) is 2. The SMILES string of the molecule is C=CCC(COC=C)(C(=O)OC)c1ncccn1. The van der Waals surface area contributed by atoms with E-state index in [1.165, 1.54) is 13.4 Å². The Hall–Kier alpha value is -2.17. The summed E-state index contributed by atoms with van der Waals surface area (Å²) in [5, 5.41) is 0. The molecule has 1 aromatic rings. The minimum atomic E-state index is -1.09. The van der Waals surface area contributed by atoms with Crippen LogP contribution in [0.15, 0.2) is 44.0 Å². The zero-order valence-corrected chi connectivity index (χ0v) is 10.3. The van der Waals surface area contributed by atoms with Crippen LogP contribution in [0.25, 0.3) is 0 Å². The number of rotatable bonds is 7. The van der Waals surface area contributed by atoms with Gasteiger partial charge in [-0.1, -0.05) is 12.7 Å². The summed E-state index contributed by atoms with van der Waals surface area (Å²) in [6.45, 7) is 7.17. The zero-order valence-electron chi connectivity index (χ0n) is 10.3. The molecule has 0 aliphatic rings. The van der Waals surface area contributed by atoms with Crippen LogP contribution in [0, 0.1) is 0 Å². The second kappa shape index (κ2) is 6.54. The van der Waals surface area contributed by atoms with Crippen LogP contribution in [0.1, 0.15) is 12.2 Å². The average Bonchev–Trinajstić information content (AvgIpc) is 2.43. The first-order valence-corrected chi connectivity index (χ1v) is 5.40. The van der Waals surface area contributed by atoms with E-state index in [4.69, 9.17) is 9.47 Å². The molecule has 0 saturated carbocycles. The number of nitrogens with zero attached hydrogens (tertiary/aromatic N) is 2. The van der Waals surface area contributed by atoms with Gasteiger partial charge >= 0.3 is 5.97 Å². The molecule has 1 rings (SSSR count). The Morgan fingerprint density at radius 3 is 2.61 bits per heavy atom. The van der Waals surface area contributed by atoms with Gasteiger partial charge in [-0.05, 0) is 12.5 Å². The Morgan fingerprint density at radius 1 is 1.44 bits per heavy atom. The van der Waals surface area contributed by atoms with Gasteiger partial charge in [-0.15, -0.1) is 6.58 Å². The molecule has 1 aromatic heterocycles. The molecule has 1 heterocycles. The summed E-state index contributed by atoms with van der Waals surface area (Å²) >= 11 is 0. The number of aromatic nitrogens is 2. The predicted octanol–water partition coefficient (Wildman–Crippen LogP) is 1.62. The minimum absolute atomic E-state index is 0.0548. The fourth-order valence-corrected chi connectivity index (χ4v) is 1.64. The maximum Gasteiger partial charge on any atom is 0.323 e. The van der Waals surface area contributed by atoms with Crippen LogP contribution in [0.2, 0.25) is 0 Å². The van der Waals surface area contributed by atoms with E-state index in [0.717, 1.165) is 0 Å². The number of allylic oxidation sites excluding steroid dienone is 1. The van der Waals surface area contributed by atoms with Crippen molar-refractivity contribution in [1.82, 2.24) is 9.97 Å². The molecule has 0 aliphatic heterocycles. The molecule has 0 aromatic carbocycles. The summed E-state index contributed by atoms with van der Waals surface area (Å²) < 4.78 is 10.0. The summed E-state index contributed by atoms with van der Waals surface area (Å²) in [5.74, 6) is -0.117. The maximum absolute atomic E-state index is 12.1. The first-order chi connectivity index (χ1) is 8.71. The predicted molar refractivity (Wildman–Crippen MR) is 66.7 cm³/mol. The molecular weight excluding hydrogens is 232 g/mol. The lowest BCUT2D eigenvalue weighted by molar-refractivity contribution is -0.149. The van der Waals surface area contributed by atoms with Gasteiger partial charge in [-0.25, -0.2) is 9.97 Å². The highest BCUT2D eigenvalue weighted by Crippen LogP contribution is 2.27. The molecule has 96 valence electrons. The second-order valence-corrected chi connectivity index (χ2v) is 3.62. The Balaban J connectivity index is 3.22. The van der Waals surface area contributed by atoms with Crippen molar-refractivity contribution in [1.29, 1.82) is 0 Å². The fourth-order valence-electron chi connectivity index (χ4n) is 1.64. The zero-order chi connectivity index (χ0) is 13.4. The normalized spacial score (nSPS) is 13.2. The van der Waals surface area contributed by atoms with E-state index in [0.29, 0.717) is 12.2 Å². The molecule has 0 amide bonds. The molecule has 1 atom stereocenters. The molecule has 18 heavy (non-hydrogen) atoms. The van der Waals surface area contributed by atoms with Gasteiger partial charge in [0.25, 0.3) is 0 Å². The lowest BCUT2D eigenvalue weighted by Crippen LogP contribution is -2.42. The van der Waals surface area contributed by atoms with Crippen molar-refractivity contribution in [3.05, 3.63) is 49.8 Å². The third kappa shape index (κ3) is 2.74. The standard InChI is InChI=1S/C13H16N2O3/c1-4-7-13(10-18-5-2,12(16)17-3)11-14-8-6-9-15-11/h4-6,8-9H,1-2,7,10H2,3H3. The first-order valence-electron chi connectivity index (χ1n) is 5.40. The van der Waals surface area contributed by atoms with Crippen molar-refractivity contribution in [3.8, 4) is 0 Å². The van der Waals surface area contributed by atoms with Crippen molar-refractivity contribution >= 4 is 5.97 Å². The average molecular weight is 248 g/mol. The molecule has 5 heteroatoms.